The van der Waals surface area contributed by atoms with Crippen LogP contribution in [0.5, 0.6) is 5.75 Å². The van der Waals surface area contributed by atoms with Gasteiger partial charge in [-0.2, -0.15) is 4.72 Å². The molecule has 6 heteroatoms. The van der Waals surface area contributed by atoms with Crippen LogP contribution in [0.3, 0.4) is 0 Å². The summed E-state index contributed by atoms with van der Waals surface area (Å²) in [5.74, 6) is 6.27. The molecule has 1 aromatic carbocycles. The van der Waals surface area contributed by atoms with Crippen LogP contribution in [0.15, 0.2) is 66.3 Å². The second kappa shape index (κ2) is 8.87. The first-order chi connectivity index (χ1) is 11.6. The van der Waals surface area contributed by atoms with Gasteiger partial charge in [0.1, 0.15) is 17.3 Å². The number of pyridine rings is 1. The number of sulfonamides is 1. The predicted octanol–water partition coefficient (Wildman–Crippen LogP) is 2.17. The molecular weight excluding hydrogens is 324 g/mol. The maximum absolute atomic E-state index is 11.9. The second-order valence-electron chi connectivity index (χ2n) is 4.76. The molecule has 0 saturated carbocycles. The molecule has 0 saturated heterocycles. The largest absolute Gasteiger partial charge is 0.481 e. The van der Waals surface area contributed by atoms with Gasteiger partial charge in [0.2, 0.25) is 10.0 Å². The van der Waals surface area contributed by atoms with Crippen LogP contribution in [0.1, 0.15) is 5.56 Å². The van der Waals surface area contributed by atoms with Gasteiger partial charge in [-0.15, -0.1) is 6.58 Å². The van der Waals surface area contributed by atoms with Crippen LogP contribution in [-0.2, 0) is 16.4 Å². The third kappa shape index (κ3) is 5.23. The van der Waals surface area contributed by atoms with E-state index in [9.17, 15) is 8.42 Å². The zero-order valence-electron chi connectivity index (χ0n) is 13.1. The van der Waals surface area contributed by atoms with E-state index in [0.717, 1.165) is 11.3 Å². The lowest BCUT2D eigenvalue weighted by Crippen LogP contribution is -2.24. The van der Waals surface area contributed by atoms with E-state index in [4.69, 9.17) is 4.74 Å². The van der Waals surface area contributed by atoms with E-state index in [2.05, 4.69) is 28.1 Å². The van der Waals surface area contributed by atoms with Gasteiger partial charge in [-0.1, -0.05) is 36.1 Å². The van der Waals surface area contributed by atoms with E-state index >= 15 is 0 Å². The minimum Gasteiger partial charge on any atom is -0.481 e. The van der Waals surface area contributed by atoms with E-state index in [1.807, 2.05) is 24.3 Å². The van der Waals surface area contributed by atoms with Gasteiger partial charge in [-0.05, 0) is 30.2 Å². The van der Waals surface area contributed by atoms with Crippen molar-refractivity contribution >= 4 is 10.0 Å². The lowest BCUT2D eigenvalue weighted by molar-refractivity contribution is 0.366. The Kier molecular flexibility index (Phi) is 6.55. The number of para-hydroxylation sites is 1. The molecular formula is C18H18N2O3S. The van der Waals surface area contributed by atoms with E-state index in [-0.39, 0.29) is 18.0 Å². The highest BCUT2D eigenvalue weighted by Crippen LogP contribution is 2.18. The molecule has 0 aliphatic heterocycles. The maximum atomic E-state index is 11.9. The van der Waals surface area contributed by atoms with Crippen LogP contribution in [-0.4, -0.2) is 26.6 Å². The third-order valence-electron chi connectivity index (χ3n) is 3.06. The minimum absolute atomic E-state index is 0.00882. The minimum atomic E-state index is -3.58. The van der Waals surface area contributed by atoms with Gasteiger partial charge in [0, 0.05) is 12.4 Å². The van der Waals surface area contributed by atoms with E-state index in [0.29, 0.717) is 6.42 Å². The number of rotatable bonds is 7. The Morgan fingerprint density at radius 2 is 2.04 bits per heavy atom. The zero-order chi connectivity index (χ0) is 17.3. The maximum Gasteiger partial charge on any atom is 0.242 e. The Balaban J connectivity index is 1.84. The lowest BCUT2D eigenvalue weighted by Gasteiger charge is -2.07. The fourth-order valence-electron chi connectivity index (χ4n) is 1.92. The van der Waals surface area contributed by atoms with Crippen molar-refractivity contribution in [3.63, 3.8) is 0 Å². The van der Waals surface area contributed by atoms with E-state index in [1.165, 1.54) is 18.5 Å². The molecule has 0 aliphatic rings. The number of nitrogens with zero attached hydrogens (tertiary/aromatic N) is 1. The van der Waals surface area contributed by atoms with Crippen molar-refractivity contribution in [3.05, 3.63) is 67.0 Å². The van der Waals surface area contributed by atoms with Crippen molar-refractivity contribution in [3.8, 4) is 17.6 Å². The fourth-order valence-corrected chi connectivity index (χ4v) is 2.80. The number of aromatic nitrogens is 1. The fraction of sp³-hybridized carbons (Fsp3) is 0.167. The number of ether oxygens (including phenoxy) is 1. The summed E-state index contributed by atoms with van der Waals surface area (Å²) in [6.07, 6.45) is 5.32. The molecule has 0 radical (unpaired) electrons. The molecule has 5 nitrogen and oxygen atoms in total. The first-order valence-corrected chi connectivity index (χ1v) is 8.79. The predicted molar refractivity (Wildman–Crippen MR) is 93.0 cm³/mol. The van der Waals surface area contributed by atoms with Crippen LogP contribution >= 0.6 is 0 Å². The highest BCUT2D eigenvalue weighted by molar-refractivity contribution is 7.89. The molecule has 0 amide bonds. The van der Waals surface area contributed by atoms with Gasteiger partial charge in [-0.3, -0.25) is 4.98 Å². The average molecular weight is 342 g/mol. The SMILES string of the molecule is C=CCc1ccccc1OCC#CCNS(=O)(=O)c1cccnc1. The molecule has 2 rings (SSSR count). The summed E-state index contributed by atoms with van der Waals surface area (Å²) < 4.78 is 31.9. The number of nitrogens with one attached hydrogen (secondary N) is 1. The molecule has 1 heterocycles. The third-order valence-corrected chi connectivity index (χ3v) is 4.44. The second-order valence-corrected chi connectivity index (χ2v) is 6.52. The smallest absolute Gasteiger partial charge is 0.242 e. The van der Waals surface area contributed by atoms with Gasteiger partial charge in [0.25, 0.3) is 0 Å². The van der Waals surface area contributed by atoms with Gasteiger partial charge in [0.15, 0.2) is 0 Å². The summed E-state index contributed by atoms with van der Waals surface area (Å²) in [6.45, 7) is 3.90. The number of benzene rings is 1. The molecule has 0 fully saturated rings. The van der Waals surface area contributed by atoms with Crippen molar-refractivity contribution in [1.82, 2.24) is 9.71 Å². The quantitative estimate of drug-likeness (QED) is 0.618. The Morgan fingerprint density at radius 3 is 2.79 bits per heavy atom. The van der Waals surface area contributed by atoms with Crippen LogP contribution in [0, 0.1) is 11.8 Å². The van der Waals surface area contributed by atoms with E-state index < -0.39 is 10.0 Å². The van der Waals surface area contributed by atoms with Gasteiger partial charge in [-0.25, -0.2) is 8.42 Å². The number of hydrogen-bond donors (Lipinski definition) is 1. The summed E-state index contributed by atoms with van der Waals surface area (Å²) in [5, 5.41) is 0. The molecule has 0 bridgehead atoms. The Morgan fingerprint density at radius 1 is 1.21 bits per heavy atom. The van der Waals surface area contributed by atoms with E-state index in [1.54, 1.807) is 12.1 Å². The van der Waals surface area contributed by atoms with Crippen molar-refractivity contribution in [1.29, 1.82) is 0 Å². The highest BCUT2D eigenvalue weighted by atomic mass is 32.2. The average Bonchev–Trinajstić information content (AvgIpc) is 2.60. The van der Waals surface area contributed by atoms with Gasteiger partial charge >= 0.3 is 0 Å². The summed E-state index contributed by atoms with van der Waals surface area (Å²) in [7, 11) is -3.58. The van der Waals surface area contributed by atoms with Crippen molar-refractivity contribution in [2.24, 2.45) is 0 Å². The van der Waals surface area contributed by atoms with Crippen LogP contribution < -0.4 is 9.46 Å². The van der Waals surface area contributed by atoms with Crippen molar-refractivity contribution in [2.75, 3.05) is 13.2 Å². The van der Waals surface area contributed by atoms with Crippen molar-refractivity contribution < 1.29 is 13.2 Å². The normalized spacial score (nSPS) is 10.5. The van der Waals surface area contributed by atoms with Gasteiger partial charge in [0.05, 0.1) is 6.54 Å². The molecule has 0 aliphatic carbocycles. The monoisotopic (exact) mass is 342 g/mol. The summed E-state index contributed by atoms with van der Waals surface area (Å²) in [4.78, 5) is 3.90. The molecule has 1 aromatic heterocycles. The molecule has 24 heavy (non-hydrogen) atoms. The highest BCUT2D eigenvalue weighted by Gasteiger charge is 2.11. The Hall–Kier alpha value is -2.62. The van der Waals surface area contributed by atoms with Crippen LogP contribution in [0.4, 0.5) is 0 Å². The summed E-state index contributed by atoms with van der Waals surface area (Å²) in [5.41, 5.74) is 1.03. The topological polar surface area (TPSA) is 68.3 Å². The van der Waals surface area contributed by atoms with Gasteiger partial charge < -0.3 is 4.74 Å². The molecule has 0 spiro atoms. The standard InChI is InChI=1S/C18H18N2O3S/c1-2-8-16-9-3-4-11-18(16)23-14-6-5-13-20-24(21,22)17-10-7-12-19-15-17/h2-4,7,9-12,15,20H,1,8,13-14H2. The first-order valence-electron chi connectivity index (χ1n) is 7.30. The first kappa shape index (κ1) is 17.7. The molecule has 0 unspecified atom stereocenters. The Labute approximate surface area is 142 Å². The molecule has 124 valence electrons. The molecule has 2 aromatic rings. The lowest BCUT2D eigenvalue weighted by atomic mass is 10.1. The zero-order valence-corrected chi connectivity index (χ0v) is 13.9. The number of hydrogen-bond acceptors (Lipinski definition) is 4. The molecule has 1 N–H and O–H groups in total. The van der Waals surface area contributed by atoms with Crippen LogP contribution in [0.25, 0.3) is 0 Å². The van der Waals surface area contributed by atoms with Crippen LogP contribution in [0.2, 0.25) is 0 Å². The summed E-state index contributed by atoms with van der Waals surface area (Å²) >= 11 is 0. The summed E-state index contributed by atoms with van der Waals surface area (Å²) in [6, 6.07) is 10.7. The Bertz CT molecular complexity index is 837. The number of allylic oxidation sites excluding steroid dienone is 1. The van der Waals surface area contributed by atoms with Crippen molar-refractivity contribution in [2.45, 2.75) is 11.3 Å². The molecule has 0 atom stereocenters.